The molecule has 0 aromatic carbocycles. The predicted molar refractivity (Wildman–Crippen MR) is 53.0 cm³/mol. The van der Waals surface area contributed by atoms with Crippen LogP contribution >= 0.6 is 32.9 Å². The molecular weight excluding hydrogens is 294 g/mol. The molecule has 0 spiro atoms. The highest BCUT2D eigenvalue weighted by molar-refractivity contribution is 9.09. The van der Waals surface area contributed by atoms with E-state index < -0.39 is 4.92 Å². The third-order valence-corrected chi connectivity index (χ3v) is 1.50. The van der Waals surface area contributed by atoms with Crippen molar-refractivity contribution in [2.75, 3.05) is 5.33 Å². The summed E-state index contributed by atoms with van der Waals surface area (Å²) in [6.07, 6.45) is 2.64. The summed E-state index contributed by atoms with van der Waals surface area (Å²) in [5.41, 5.74) is 0.0333. The fraction of sp³-hybridized carbons (Fsp3) is 0.400. The van der Waals surface area contributed by atoms with E-state index in [-0.39, 0.29) is 22.7 Å². The zero-order valence-electron chi connectivity index (χ0n) is 6.01. The van der Waals surface area contributed by atoms with Crippen molar-refractivity contribution < 1.29 is 4.92 Å². The number of halogens is 2. The van der Waals surface area contributed by atoms with Gasteiger partial charge in [0.25, 0.3) is 0 Å². The lowest BCUT2D eigenvalue weighted by Gasteiger charge is -1.91. The van der Waals surface area contributed by atoms with E-state index in [1.807, 2.05) is 0 Å². The van der Waals surface area contributed by atoms with Gasteiger partial charge in [0.2, 0.25) is 0 Å². The molecule has 0 fully saturated rings. The zero-order chi connectivity index (χ0) is 8.27. The monoisotopic (exact) mass is 299 g/mol. The summed E-state index contributed by atoms with van der Waals surface area (Å²) in [6.45, 7) is 0.647. The van der Waals surface area contributed by atoms with E-state index in [0.717, 1.165) is 5.33 Å². The quantitative estimate of drug-likeness (QED) is 0.485. The Labute approximate surface area is 87.8 Å². The highest BCUT2D eigenvalue weighted by atomic mass is 79.9. The molecule has 7 heteroatoms. The average Bonchev–Trinajstić information content (AvgIpc) is 2.37. The Hall–Kier alpha value is -0.430. The molecule has 12 heavy (non-hydrogen) atoms. The normalized spacial score (nSPS) is 9.08. The van der Waals surface area contributed by atoms with Gasteiger partial charge in [-0.25, -0.2) is 0 Å². The molecule has 0 unspecified atom stereocenters. The van der Waals surface area contributed by atoms with Crippen LogP contribution in [0, 0.1) is 10.1 Å². The second-order valence-electron chi connectivity index (χ2n) is 1.91. The molecule has 1 heterocycles. The molecule has 0 aliphatic rings. The standard InChI is InChI=1S/C5H6BrN3O2.BrH/c6-1-2-8-4-5(3-7-8)9(10)11;/h3-4H,1-2H2;1H. The lowest BCUT2D eigenvalue weighted by atomic mass is 10.6. The summed E-state index contributed by atoms with van der Waals surface area (Å²) < 4.78 is 1.52. The van der Waals surface area contributed by atoms with E-state index in [1.165, 1.54) is 17.1 Å². The van der Waals surface area contributed by atoms with Crippen molar-refractivity contribution in [3.05, 3.63) is 22.5 Å². The summed E-state index contributed by atoms with van der Waals surface area (Å²) in [7, 11) is 0. The molecule has 1 aromatic rings. The summed E-state index contributed by atoms with van der Waals surface area (Å²) in [5, 5.41) is 14.7. The molecule has 0 atom stereocenters. The van der Waals surface area contributed by atoms with E-state index in [1.54, 1.807) is 0 Å². The maximum absolute atomic E-state index is 10.2. The van der Waals surface area contributed by atoms with Gasteiger partial charge < -0.3 is 0 Å². The van der Waals surface area contributed by atoms with E-state index in [4.69, 9.17) is 0 Å². The van der Waals surface area contributed by atoms with E-state index in [0.29, 0.717) is 6.54 Å². The maximum Gasteiger partial charge on any atom is 0.306 e. The number of nitro groups is 1. The average molecular weight is 301 g/mol. The van der Waals surface area contributed by atoms with Crippen LogP contribution in [0.5, 0.6) is 0 Å². The van der Waals surface area contributed by atoms with Crippen molar-refractivity contribution in [3.8, 4) is 0 Å². The Morgan fingerprint density at radius 3 is 2.83 bits per heavy atom. The van der Waals surface area contributed by atoms with Crippen molar-refractivity contribution in [3.63, 3.8) is 0 Å². The summed E-state index contributed by atoms with van der Waals surface area (Å²) in [5.74, 6) is 0. The zero-order valence-corrected chi connectivity index (χ0v) is 9.31. The van der Waals surface area contributed by atoms with E-state index in [2.05, 4.69) is 21.0 Å². The Morgan fingerprint density at radius 1 is 1.75 bits per heavy atom. The molecule has 0 saturated carbocycles. The number of hydrogen-bond acceptors (Lipinski definition) is 3. The molecule has 0 saturated heterocycles. The number of rotatable bonds is 3. The van der Waals surface area contributed by atoms with Gasteiger partial charge in [-0.15, -0.1) is 17.0 Å². The third kappa shape index (κ3) is 2.90. The molecule has 5 nitrogen and oxygen atoms in total. The Bertz CT molecular complexity index is 263. The Morgan fingerprint density at radius 2 is 2.42 bits per heavy atom. The van der Waals surface area contributed by atoms with Crippen LogP contribution in [0.2, 0.25) is 0 Å². The summed E-state index contributed by atoms with van der Waals surface area (Å²) in [4.78, 5) is 9.70. The highest BCUT2D eigenvalue weighted by Gasteiger charge is 2.07. The van der Waals surface area contributed by atoms with Crippen LogP contribution in [0.4, 0.5) is 5.69 Å². The molecule has 0 bridgehead atoms. The van der Waals surface area contributed by atoms with Gasteiger partial charge >= 0.3 is 5.69 Å². The van der Waals surface area contributed by atoms with Gasteiger partial charge in [-0.1, -0.05) is 15.9 Å². The largest absolute Gasteiger partial charge is 0.306 e. The number of hydrogen-bond donors (Lipinski definition) is 0. The Kier molecular flexibility index (Phi) is 5.07. The van der Waals surface area contributed by atoms with E-state index in [9.17, 15) is 10.1 Å². The van der Waals surface area contributed by atoms with Crippen molar-refractivity contribution in [2.24, 2.45) is 0 Å². The lowest BCUT2D eigenvalue weighted by Crippen LogP contribution is -1.98. The van der Waals surface area contributed by atoms with Crippen LogP contribution in [0.3, 0.4) is 0 Å². The molecule has 0 N–H and O–H groups in total. The fourth-order valence-electron chi connectivity index (χ4n) is 0.656. The third-order valence-electron chi connectivity index (χ3n) is 1.14. The molecule has 0 amide bonds. The molecule has 0 aliphatic carbocycles. The number of nitrogens with zero attached hydrogens (tertiary/aromatic N) is 3. The van der Waals surface area contributed by atoms with Crippen molar-refractivity contribution in [1.82, 2.24) is 9.78 Å². The van der Waals surface area contributed by atoms with Crippen LogP contribution in [0.1, 0.15) is 0 Å². The van der Waals surface area contributed by atoms with Gasteiger partial charge in [0.05, 0.1) is 11.5 Å². The minimum absolute atomic E-state index is 0. The SMILES string of the molecule is Br.O=[N+]([O-])c1cnn(CCBr)c1. The first kappa shape index (κ1) is 11.6. The number of alkyl halides is 1. The van der Waals surface area contributed by atoms with Gasteiger partial charge in [-0.2, -0.15) is 5.10 Å². The molecule has 1 rings (SSSR count). The topological polar surface area (TPSA) is 61.0 Å². The minimum atomic E-state index is -0.461. The maximum atomic E-state index is 10.2. The van der Waals surface area contributed by atoms with Gasteiger partial charge in [-0.3, -0.25) is 14.8 Å². The summed E-state index contributed by atoms with van der Waals surface area (Å²) >= 11 is 3.20. The highest BCUT2D eigenvalue weighted by Crippen LogP contribution is 2.07. The summed E-state index contributed by atoms with van der Waals surface area (Å²) in [6, 6.07) is 0. The second-order valence-corrected chi connectivity index (χ2v) is 2.70. The lowest BCUT2D eigenvalue weighted by molar-refractivity contribution is -0.385. The van der Waals surface area contributed by atoms with Crippen LogP contribution < -0.4 is 0 Å². The molecular formula is C5H7Br2N3O2. The van der Waals surface area contributed by atoms with Crippen molar-refractivity contribution in [1.29, 1.82) is 0 Å². The first-order chi connectivity index (χ1) is 5.24. The van der Waals surface area contributed by atoms with E-state index >= 15 is 0 Å². The van der Waals surface area contributed by atoms with Gasteiger partial charge in [0, 0.05) is 5.33 Å². The minimum Gasteiger partial charge on any atom is -0.265 e. The Balaban J connectivity index is 0.00000121. The first-order valence-corrected chi connectivity index (χ1v) is 4.09. The van der Waals surface area contributed by atoms with Gasteiger partial charge in [0.1, 0.15) is 12.4 Å². The molecule has 0 radical (unpaired) electrons. The predicted octanol–water partition coefficient (Wildman–Crippen LogP) is 1.76. The van der Waals surface area contributed by atoms with Gasteiger partial charge in [-0.05, 0) is 0 Å². The first-order valence-electron chi connectivity index (χ1n) is 2.97. The smallest absolute Gasteiger partial charge is 0.265 e. The van der Waals surface area contributed by atoms with Crippen LogP contribution in [0.15, 0.2) is 12.4 Å². The molecule has 0 aliphatic heterocycles. The number of aryl methyl sites for hydroxylation is 1. The van der Waals surface area contributed by atoms with Crippen molar-refractivity contribution in [2.45, 2.75) is 6.54 Å². The van der Waals surface area contributed by atoms with Crippen molar-refractivity contribution >= 4 is 38.6 Å². The van der Waals surface area contributed by atoms with Crippen LogP contribution in [-0.2, 0) is 6.54 Å². The van der Waals surface area contributed by atoms with Gasteiger partial charge in [0.15, 0.2) is 0 Å². The number of aromatic nitrogens is 2. The molecule has 68 valence electrons. The van der Waals surface area contributed by atoms with Crippen LogP contribution in [0.25, 0.3) is 0 Å². The second kappa shape index (κ2) is 5.26. The van der Waals surface area contributed by atoms with Crippen LogP contribution in [-0.4, -0.2) is 20.0 Å². The molecule has 1 aromatic heterocycles. The fourth-order valence-corrected chi connectivity index (χ4v) is 1.02.